The minimum absolute atomic E-state index is 0.0400. The summed E-state index contributed by atoms with van der Waals surface area (Å²) >= 11 is 1.70. The molecule has 1 amide bonds. The van der Waals surface area contributed by atoms with Crippen molar-refractivity contribution < 1.29 is 13.7 Å². The minimum Gasteiger partial charge on any atom is -0.341 e. The molecule has 1 atom stereocenters. The molecule has 1 unspecified atom stereocenters. The SMILES string of the molecule is CC(C)CCSCC(=O)N1CCCC(c2nc(-c3cccc(F)c3)no2)C1. The fourth-order valence-corrected chi connectivity index (χ4v) is 4.26. The maximum Gasteiger partial charge on any atom is 0.232 e. The smallest absolute Gasteiger partial charge is 0.232 e. The Hall–Kier alpha value is -1.89. The van der Waals surface area contributed by atoms with Gasteiger partial charge in [-0.25, -0.2) is 4.39 Å². The molecule has 5 nitrogen and oxygen atoms in total. The summed E-state index contributed by atoms with van der Waals surface area (Å²) in [6.45, 7) is 5.78. The summed E-state index contributed by atoms with van der Waals surface area (Å²) in [6.07, 6.45) is 2.96. The largest absolute Gasteiger partial charge is 0.341 e. The average molecular weight is 392 g/mol. The Kier molecular flexibility index (Phi) is 6.88. The number of carbonyl (C=O) groups excluding carboxylic acids is 1. The Morgan fingerprint density at radius 1 is 1.44 bits per heavy atom. The highest BCUT2D eigenvalue weighted by atomic mass is 32.2. The average Bonchev–Trinajstić information content (AvgIpc) is 3.15. The molecule has 3 rings (SSSR count). The summed E-state index contributed by atoms with van der Waals surface area (Å²) in [6, 6.07) is 6.15. The first kappa shape index (κ1) is 19.9. The fraction of sp³-hybridized carbons (Fsp3) is 0.550. The number of benzene rings is 1. The maximum atomic E-state index is 13.4. The van der Waals surface area contributed by atoms with Crippen LogP contribution < -0.4 is 0 Å². The Morgan fingerprint density at radius 2 is 2.30 bits per heavy atom. The van der Waals surface area contributed by atoms with Crippen molar-refractivity contribution in [1.29, 1.82) is 0 Å². The van der Waals surface area contributed by atoms with Crippen LogP contribution in [-0.4, -0.2) is 45.5 Å². The number of aromatic nitrogens is 2. The Morgan fingerprint density at radius 3 is 3.07 bits per heavy atom. The molecule has 2 heterocycles. The van der Waals surface area contributed by atoms with Crippen LogP contribution in [0.15, 0.2) is 28.8 Å². The van der Waals surface area contributed by atoms with E-state index in [9.17, 15) is 9.18 Å². The third kappa shape index (κ3) is 5.54. The van der Waals surface area contributed by atoms with E-state index in [1.54, 1.807) is 23.9 Å². The zero-order valence-corrected chi connectivity index (χ0v) is 16.7. The van der Waals surface area contributed by atoms with Crippen LogP contribution in [0.1, 0.15) is 44.9 Å². The molecular formula is C20H26FN3O2S. The van der Waals surface area contributed by atoms with Gasteiger partial charge >= 0.3 is 0 Å². The van der Waals surface area contributed by atoms with Crippen molar-refractivity contribution in [2.45, 2.75) is 39.0 Å². The molecule has 146 valence electrons. The first-order chi connectivity index (χ1) is 13.0. The standard InChI is InChI=1S/C20H26FN3O2S/c1-14(2)8-10-27-13-18(25)24-9-4-6-16(12-24)20-22-19(23-26-20)15-5-3-7-17(21)11-15/h3,5,7,11,14,16H,4,6,8-10,12-13H2,1-2H3. The lowest BCUT2D eigenvalue weighted by Crippen LogP contribution is -2.40. The lowest BCUT2D eigenvalue weighted by Gasteiger charge is -2.31. The number of halogens is 1. The number of nitrogens with zero attached hydrogens (tertiary/aromatic N) is 3. The highest BCUT2D eigenvalue weighted by Gasteiger charge is 2.28. The van der Waals surface area contributed by atoms with Gasteiger partial charge in [-0.15, -0.1) is 0 Å². The summed E-state index contributed by atoms with van der Waals surface area (Å²) < 4.78 is 18.8. The van der Waals surface area contributed by atoms with Gasteiger partial charge < -0.3 is 9.42 Å². The van der Waals surface area contributed by atoms with Crippen LogP contribution in [-0.2, 0) is 4.79 Å². The van der Waals surface area contributed by atoms with E-state index in [0.717, 1.165) is 31.6 Å². The molecule has 0 spiro atoms. The predicted molar refractivity (Wildman–Crippen MR) is 105 cm³/mol. The summed E-state index contributed by atoms with van der Waals surface area (Å²) in [5.41, 5.74) is 0.593. The van der Waals surface area contributed by atoms with Gasteiger partial charge in [0.15, 0.2) is 0 Å². The molecule has 0 N–H and O–H groups in total. The predicted octanol–water partition coefficient (Wildman–Crippen LogP) is 4.36. The zero-order valence-electron chi connectivity index (χ0n) is 15.9. The number of thioether (sulfide) groups is 1. The highest BCUT2D eigenvalue weighted by Crippen LogP contribution is 2.28. The third-order valence-electron chi connectivity index (χ3n) is 4.71. The molecule has 27 heavy (non-hydrogen) atoms. The van der Waals surface area contributed by atoms with Crippen molar-refractivity contribution in [3.8, 4) is 11.4 Å². The summed E-state index contributed by atoms with van der Waals surface area (Å²) in [4.78, 5) is 18.8. The van der Waals surface area contributed by atoms with Gasteiger partial charge in [0.05, 0.1) is 11.7 Å². The van der Waals surface area contributed by atoms with Crippen molar-refractivity contribution in [2.75, 3.05) is 24.6 Å². The van der Waals surface area contributed by atoms with Crippen molar-refractivity contribution in [1.82, 2.24) is 15.0 Å². The van der Waals surface area contributed by atoms with Crippen molar-refractivity contribution in [3.05, 3.63) is 36.0 Å². The molecule has 0 radical (unpaired) electrons. The van der Waals surface area contributed by atoms with Crippen molar-refractivity contribution in [3.63, 3.8) is 0 Å². The summed E-state index contributed by atoms with van der Waals surface area (Å²) in [5, 5.41) is 3.99. The van der Waals surface area contributed by atoms with Crippen LogP contribution in [0.4, 0.5) is 4.39 Å². The number of rotatable bonds is 7. The second-order valence-electron chi connectivity index (χ2n) is 7.38. The molecule has 7 heteroatoms. The summed E-state index contributed by atoms with van der Waals surface area (Å²) in [7, 11) is 0. The van der Waals surface area contributed by atoms with E-state index in [4.69, 9.17) is 4.52 Å². The zero-order chi connectivity index (χ0) is 19.2. The number of carbonyl (C=O) groups is 1. The van der Waals surface area contributed by atoms with E-state index in [0.29, 0.717) is 35.5 Å². The van der Waals surface area contributed by atoms with Crippen LogP contribution in [0.2, 0.25) is 0 Å². The molecule has 0 saturated carbocycles. The van der Waals surface area contributed by atoms with Crippen LogP contribution >= 0.6 is 11.8 Å². The summed E-state index contributed by atoms with van der Waals surface area (Å²) in [5.74, 6) is 3.01. The molecule has 2 aromatic rings. The molecule has 0 aliphatic carbocycles. The van der Waals surface area contributed by atoms with Gasteiger partial charge in [0.2, 0.25) is 17.6 Å². The number of piperidine rings is 1. The van der Waals surface area contributed by atoms with E-state index in [2.05, 4.69) is 24.0 Å². The molecule has 1 aromatic heterocycles. The Labute approximate surface area is 163 Å². The number of hydrogen-bond acceptors (Lipinski definition) is 5. The number of likely N-dealkylation sites (tertiary alicyclic amines) is 1. The minimum atomic E-state index is -0.330. The Balaban J connectivity index is 1.57. The molecule has 1 aliphatic rings. The molecule has 1 fully saturated rings. The van der Waals surface area contributed by atoms with Gasteiger partial charge in [-0.2, -0.15) is 16.7 Å². The van der Waals surface area contributed by atoms with Crippen LogP contribution in [0.25, 0.3) is 11.4 Å². The van der Waals surface area contributed by atoms with Gasteiger partial charge in [0.25, 0.3) is 0 Å². The van der Waals surface area contributed by atoms with Gasteiger partial charge in [-0.05, 0) is 43.1 Å². The van der Waals surface area contributed by atoms with Crippen LogP contribution in [0, 0.1) is 11.7 Å². The molecule has 0 bridgehead atoms. The lowest BCUT2D eigenvalue weighted by atomic mass is 9.98. The lowest BCUT2D eigenvalue weighted by molar-refractivity contribution is -0.129. The molecule has 1 aliphatic heterocycles. The second-order valence-corrected chi connectivity index (χ2v) is 8.49. The monoisotopic (exact) mass is 391 g/mol. The first-order valence-electron chi connectivity index (χ1n) is 9.48. The van der Waals surface area contributed by atoms with Crippen LogP contribution in [0.5, 0.6) is 0 Å². The first-order valence-corrected chi connectivity index (χ1v) is 10.6. The van der Waals surface area contributed by atoms with Crippen molar-refractivity contribution >= 4 is 17.7 Å². The molecule has 1 saturated heterocycles. The normalized spacial score (nSPS) is 17.5. The third-order valence-corrected chi connectivity index (χ3v) is 5.69. The van der Waals surface area contributed by atoms with E-state index in [-0.39, 0.29) is 17.6 Å². The number of hydrogen-bond donors (Lipinski definition) is 0. The quantitative estimate of drug-likeness (QED) is 0.656. The van der Waals surface area contributed by atoms with Gasteiger partial charge in [0, 0.05) is 18.7 Å². The van der Waals surface area contributed by atoms with E-state index in [1.807, 2.05) is 4.90 Å². The second kappa shape index (κ2) is 9.35. The van der Waals surface area contributed by atoms with Gasteiger partial charge in [-0.1, -0.05) is 31.1 Å². The van der Waals surface area contributed by atoms with E-state index >= 15 is 0 Å². The van der Waals surface area contributed by atoms with Crippen LogP contribution in [0.3, 0.4) is 0 Å². The van der Waals surface area contributed by atoms with E-state index in [1.165, 1.54) is 12.1 Å². The highest BCUT2D eigenvalue weighted by molar-refractivity contribution is 7.99. The fourth-order valence-electron chi connectivity index (χ4n) is 3.12. The van der Waals surface area contributed by atoms with Crippen molar-refractivity contribution in [2.24, 2.45) is 5.92 Å². The van der Waals surface area contributed by atoms with E-state index < -0.39 is 0 Å². The topological polar surface area (TPSA) is 59.2 Å². The maximum absolute atomic E-state index is 13.4. The Bertz CT molecular complexity index is 765. The number of amides is 1. The van der Waals surface area contributed by atoms with Gasteiger partial charge in [-0.3, -0.25) is 4.79 Å². The molecular weight excluding hydrogens is 365 g/mol. The molecule has 1 aromatic carbocycles. The van der Waals surface area contributed by atoms with Gasteiger partial charge in [0.1, 0.15) is 5.82 Å².